The van der Waals surface area contributed by atoms with Gasteiger partial charge in [0, 0.05) is 60.3 Å². The van der Waals surface area contributed by atoms with Gasteiger partial charge in [0.25, 0.3) is 11.5 Å². The van der Waals surface area contributed by atoms with Gasteiger partial charge in [0.2, 0.25) is 5.91 Å². The number of allylic oxidation sites excluding steroid dienone is 1. The Labute approximate surface area is 228 Å². The summed E-state index contributed by atoms with van der Waals surface area (Å²) in [6.45, 7) is 11.4. The largest absolute Gasteiger partial charge is 0.348 e. The first-order valence-corrected chi connectivity index (χ1v) is 14.1. The minimum Gasteiger partial charge on any atom is -0.348 e. The Hall–Kier alpha value is -3.57. The van der Waals surface area contributed by atoms with Crippen LogP contribution in [0.3, 0.4) is 0 Å². The van der Waals surface area contributed by atoms with Crippen LogP contribution in [0.5, 0.6) is 0 Å². The van der Waals surface area contributed by atoms with Gasteiger partial charge in [-0.15, -0.1) is 0 Å². The van der Waals surface area contributed by atoms with Gasteiger partial charge in [0.05, 0.1) is 5.56 Å². The molecule has 1 saturated carbocycles. The van der Waals surface area contributed by atoms with Crippen molar-refractivity contribution in [3.8, 4) is 0 Å². The highest BCUT2D eigenvalue weighted by molar-refractivity contribution is 5.96. The topological polar surface area (TPSA) is 90.4 Å². The predicted molar refractivity (Wildman–Crippen MR) is 150 cm³/mol. The van der Waals surface area contributed by atoms with Crippen LogP contribution in [0.2, 0.25) is 0 Å². The molecule has 0 radical (unpaired) electrons. The van der Waals surface area contributed by atoms with Gasteiger partial charge in [0.1, 0.15) is 5.35 Å². The summed E-state index contributed by atoms with van der Waals surface area (Å²) < 4.78 is 2.39. The van der Waals surface area contributed by atoms with Gasteiger partial charge < -0.3 is 19.8 Å². The number of nitrogens with zero attached hydrogens (tertiary/aromatic N) is 3. The molecule has 0 aromatic carbocycles. The number of piperidine rings is 1. The molecule has 4 heterocycles. The molecular weight excluding hydrogens is 490 g/mol. The molecule has 3 fully saturated rings. The molecule has 2 N–H and O–H groups in total. The highest BCUT2D eigenvalue weighted by Crippen LogP contribution is 2.53. The van der Waals surface area contributed by atoms with E-state index in [0.29, 0.717) is 23.1 Å². The Kier molecular flexibility index (Phi) is 6.30. The van der Waals surface area contributed by atoms with Gasteiger partial charge in [0.15, 0.2) is 0 Å². The fourth-order valence-electron chi connectivity index (χ4n) is 7.12. The van der Waals surface area contributed by atoms with Crippen LogP contribution < -0.4 is 21.4 Å². The van der Waals surface area contributed by atoms with E-state index in [9.17, 15) is 14.4 Å². The molecule has 204 valence electrons. The molecule has 0 spiro atoms. The third kappa shape index (κ3) is 4.33. The van der Waals surface area contributed by atoms with Crippen LogP contribution in [0, 0.1) is 26.7 Å². The van der Waals surface area contributed by atoms with Crippen LogP contribution >= 0.6 is 0 Å². The number of amides is 2. The average molecular weight is 528 g/mol. The van der Waals surface area contributed by atoms with Crippen LogP contribution in [0.4, 0.5) is 0 Å². The number of hydrogen-bond acceptors (Lipinski definition) is 4. The quantitative estimate of drug-likeness (QED) is 0.555. The van der Waals surface area contributed by atoms with Crippen molar-refractivity contribution in [1.29, 1.82) is 0 Å². The smallest absolute Gasteiger partial charge is 0.254 e. The van der Waals surface area contributed by atoms with Crippen molar-refractivity contribution in [2.24, 2.45) is 5.92 Å². The van der Waals surface area contributed by atoms with E-state index < -0.39 is 0 Å². The van der Waals surface area contributed by atoms with Crippen molar-refractivity contribution in [1.82, 2.24) is 24.7 Å². The van der Waals surface area contributed by atoms with Crippen molar-refractivity contribution < 1.29 is 9.59 Å². The number of aromatic nitrogens is 2. The Morgan fingerprint density at radius 2 is 1.87 bits per heavy atom. The first kappa shape index (κ1) is 25.7. The SMILES string of the molecule is CC(=O)N1CC(N2CCC(C3(n4c(C)c(C(=O)NCc5c(C)cc(C)[nH]c5=O)c5c4=C=C=CC=5)CC3)CC2)C1. The number of fused-ring (bicyclic) bond motifs is 1. The molecule has 0 atom stereocenters. The molecule has 8 heteroatoms. The molecule has 2 aliphatic heterocycles. The molecule has 2 aromatic rings. The monoisotopic (exact) mass is 527 g/mol. The lowest BCUT2D eigenvalue weighted by molar-refractivity contribution is -0.136. The fourth-order valence-corrected chi connectivity index (χ4v) is 7.12. The standard InChI is InChI=1S/C31H37N5O3/c1-19-15-20(2)33-29(38)26(19)16-32-30(39)28-21(3)36(27-8-6-5-7-25(27)28)31(11-12-31)23-9-13-34(14-10-23)24-17-35(18-24)22(4)37/h5,7,15,23-24H,9-14,16-18H2,1-4H3,(H,32,39)(H,33,38). The molecule has 8 nitrogen and oxygen atoms in total. The van der Waals surface area contributed by atoms with Crippen LogP contribution in [0.1, 0.15) is 65.5 Å². The molecule has 2 saturated heterocycles. The second-order valence-corrected chi connectivity index (χ2v) is 11.8. The number of pyridine rings is 1. The normalized spacial score (nSPS) is 20.2. The molecular formula is C31H37N5O3. The lowest BCUT2D eigenvalue weighted by Crippen LogP contribution is -2.62. The summed E-state index contributed by atoms with van der Waals surface area (Å²) in [5.74, 6) is 0.535. The maximum absolute atomic E-state index is 13.6. The Balaban J connectivity index is 1.24. The zero-order valence-electron chi connectivity index (χ0n) is 23.3. The molecule has 4 aliphatic rings. The molecule has 2 aliphatic carbocycles. The number of H-pyrrole nitrogens is 1. The molecule has 6 rings (SSSR count). The van der Waals surface area contributed by atoms with Crippen molar-refractivity contribution >= 4 is 23.6 Å². The van der Waals surface area contributed by atoms with Crippen molar-refractivity contribution in [2.75, 3.05) is 26.2 Å². The second-order valence-electron chi connectivity index (χ2n) is 11.8. The number of rotatable bonds is 6. The van der Waals surface area contributed by atoms with Crippen LogP contribution in [-0.2, 0) is 16.9 Å². The van der Waals surface area contributed by atoms with Crippen molar-refractivity contribution in [3.63, 3.8) is 0 Å². The van der Waals surface area contributed by atoms with E-state index >= 15 is 0 Å². The number of hydrogen-bond donors (Lipinski definition) is 2. The first-order valence-electron chi connectivity index (χ1n) is 14.1. The van der Waals surface area contributed by atoms with Gasteiger partial charge >= 0.3 is 0 Å². The van der Waals surface area contributed by atoms with Crippen LogP contribution in [-0.4, -0.2) is 63.4 Å². The van der Waals surface area contributed by atoms with Gasteiger partial charge in [-0.3, -0.25) is 19.3 Å². The van der Waals surface area contributed by atoms with Crippen LogP contribution in [0.15, 0.2) is 22.7 Å². The summed E-state index contributed by atoms with van der Waals surface area (Å²) >= 11 is 0. The first-order chi connectivity index (χ1) is 18.7. The molecule has 0 bridgehead atoms. The Bertz CT molecular complexity index is 1620. The van der Waals surface area contributed by atoms with Gasteiger partial charge in [-0.25, -0.2) is 0 Å². The molecule has 0 unspecified atom stereocenters. The minimum absolute atomic E-state index is 0.00831. The van der Waals surface area contributed by atoms with E-state index in [1.165, 1.54) is 0 Å². The van der Waals surface area contributed by atoms with E-state index in [1.54, 1.807) is 6.92 Å². The van der Waals surface area contributed by atoms with Gasteiger partial charge in [-0.2, -0.15) is 0 Å². The molecule has 2 amide bonds. The van der Waals surface area contributed by atoms with E-state index in [4.69, 9.17) is 0 Å². The summed E-state index contributed by atoms with van der Waals surface area (Å²) in [6, 6.07) is 2.42. The van der Waals surface area contributed by atoms with Gasteiger partial charge in [-0.1, -0.05) is 5.73 Å². The summed E-state index contributed by atoms with van der Waals surface area (Å²) in [5.41, 5.74) is 10.2. The van der Waals surface area contributed by atoms with E-state index in [2.05, 4.69) is 31.2 Å². The van der Waals surface area contributed by atoms with Crippen molar-refractivity contribution in [2.45, 2.75) is 71.5 Å². The van der Waals surface area contributed by atoms with Crippen LogP contribution in [0.25, 0.3) is 11.8 Å². The number of aryl methyl sites for hydroxylation is 2. The number of carbonyl (C=O) groups is 2. The number of nitrogens with one attached hydrogen (secondary N) is 2. The number of likely N-dealkylation sites (tertiary alicyclic amines) is 2. The highest BCUT2D eigenvalue weighted by Gasteiger charge is 2.53. The predicted octanol–water partition coefficient (Wildman–Crippen LogP) is 1.35. The molecule has 39 heavy (non-hydrogen) atoms. The summed E-state index contributed by atoms with van der Waals surface area (Å²) in [6.07, 6.45) is 8.21. The zero-order chi connectivity index (χ0) is 27.5. The average Bonchev–Trinajstić information content (AvgIpc) is 3.59. The summed E-state index contributed by atoms with van der Waals surface area (Å²) in [5, 5.41) is 4.86. The minimum atomic E-state index is -0.166. The third-order valence-corrected chi connectivity index (χ3v) is 9.44. The number of carbonyl (C=O) groups excluding carboxylic acids is 2. The van der Waals surface area contributed by atoms with E-state index in [-0.39, 0.29) is 29.5 Å². The second kappa shape index (κ2) is 9.56. The molecule has 2 aromatic heterocycles. The summed E-state index contributed by atoms with van der Waals surface area (Å²) in [7, 11) is 0. The Morgan fingerprint density at radius 3 is 2.51 bits per heavy atom. The van der Waals surface area contributed by atoms with E-state index in [1.807, 2.05) is 43.9 Å². The highest BCUT2D eigenvalue weighted by atomic mass is 16.2. The maximum Gasteiger partial charge on any atom is 0.254 e. The fraction of sp³-hybridized carbons (Fsp3) is 0.516. The lowest BCUT2D eigenvalue weighted by atomic mass is 9.85. The maximum atomic E-state index is 13.6. The van der Waals surface area contributed by atoms with Gasteiger partial charge in [-0.05, 0) is 95.0 Å². The zero-order valence-corrected chi connectivity index (χ0v) is 23.3. The summed E-state index contributed by atoms with van der Waals surface area (Å²) in [4.78, 5) is 45.0. The lowest BCUT2D eigenvalue weighted by Gasteiger charge is -2.48. The Morgan fingerprint density at radius 1 is 1.15 bits per heavy atom. The van der Waals surface area contributed by atoms with Crippen molar-refractivity contribution in [3.05, 3.63) is 66.9 Å². The third-order valence-electron chi connectivity index (χ3n) is 9.44. The number of aromatic amines is 1. The van der Waals surface area contributed by atoms with E-state index in [0.717, 1.165) is 79.4 Å².